The van der Waals surface area contributed by atoms with Gasteiger partial charge < -0.3 is 95.0 Å². The van der Waals surface area contributed by atoms with Crippen LogP contribution in [0.3, 0.4) is 0 Å². The molecule has 9 aliphatic heterocycles. The number of ketones is 6. The largest absolute Gasteiger partial charge is 0.504 e. The summed E-state index contributed by atoms with van der Waals surface area (Å²) in [6.07, 6.45) is 0.381. The van der Waals surface area contributed by atoms with Gasteiger partial charge in [0.05, 0.1) is 103 Å². The predicted octanol–water partition coefficient (Wildman–Crippen LogP) is 5.80. The normalized spacial score (nSPS) is 25.9. The molecule has 40 nitrogen and oxygen atoms in total. The van der Waals surface area contributed by atoms with Gasteiger partial charge in [-0.1, -0.05) is 18.2 Å². The number of aliphatic hydroxyl groups excluding tert-OH is 1. The number of nitrogens with two attached hydrogens (primary N) is 1. The number of methoxy groups -OCH3 is 7. The zero-order valence-corrected chi connectivity index (χ0v) is 85.4. The highest BCUT2D eigenvalue weighted by Gasteiger charge is 2.63. The van der Waals surface area contributed by atoms with Crippen LogP contribution in [0.1, 0.15) is 171 Å². The summed E-state index contributed by atoms with van der Waals surface area (Å²) >= 11 is 0. The number of Topliss-reactive ketones (excluding diaryl/α,β-unsaturated/α-hetero) is 6. The molecule has 0 radical (unpaired) electrons. The molecule has 15 rings (SSSR count). The molecule has 6 bridgehead atoms. The molecule has 3 saturated heterocycles. The second kappa shape index (κ2) is 43.7. The fourth-order valence-corrected chi connectivity index (χ4v) is 22.8. The summed E-state index contributed by atoms with van der Waals surface area (Å²) < 4.78 is 55.2. The van der Waals surface area contributed by atoms with E-state index < -0.39 is 149 Å². The SMILES string of the molecule is C=C=N.CO.COC1=C(C)C(=O)C2=C(C1=O)[C@H](CNC(=O)[C@@H](C)NC(=O)OC(C)(C)C)N1C(C2)[C@H]2c3c(cc(C)c(OC)c3O)C[C@@H]([C@@H]1C#N)N2C.COC1=C(C)C(=O)C2=C(C1=O)[C@H](CNC(=O)[C@H](C)N)N1C(C2)[C@H]2c3c(cc(C)c(OC)c3O)C[C@@H]([C@@H]1C#N)N2C.COCOc1c(OC)c(C)cc2c1[C@@H]1C3CC4=C(C(=O)C(OC)=C(C)C4=O)[C@H](CNC(=O)[C@@H](C)NC(=O)OC(C)(C)C)N3[C@@H](C#N)[C@H](C2)N1C. The molecular formula is C102H132N16O24. The molecule has 3 fully saturated rings. The lowest BCUT2D eigenvalue weighted by Crippen LogP contribution is -2.71. The Labute approximate surface area is 826 Å². The van der Waals surface area contributed by atoms with Crippen LogP contribution in [-0.4, -0.2) is 321 Å². The number of phenols is 2. The summed E-state index contributed by atoms with van der Waals surface area (Å²) in [5.41, 5.74) is 13.9. The molecular weight excluding hydrogens is 1830 g/mol. The smallest absolute Gasteiger partial charge is 0.408 e. The number of nitrogens with zero attached hydrogens (tertiary/aromatic N) is 9. The number of allylic oxidation sites excluding steroid dienone is 6. The van der Waals surface area contributed by atoms with Crippen molar-refractivity contribution < 1.29 is 115 Å². The first-order chi connectivity index (χ1) is 67.0. The number of hydrogen-bond donors (Lipinski definition) is 10. The number of fused-ring (bicyclic) bond motifs is 18. The first-order valence-corrected chi connectivity index (χ1v) is 46.8. The average molecular weight is 1970 g/mol. The van der Waals surface area contributed by atoms with Crippen LogP contribution >= 0.6 is 0 Å². The third-order valence-corrected chi connectivity index (χ3v) is 28.6. The number of benzene rings is 3. The molecule has 3 unspecified atom stereocenters. The van der Waals surface area contributed by atoms with Gasteiger partial charge in [0, 0.05) is 137 Å². The Hall–Kier alpha value is -13.2. The van der Waals surface area contributed by atoms with E-state index in [0.29, 0.717) is 70.1 Å². The van der Waals surface area contributed by atoms with E-state index in [0.717, 1.165) is 46.1 Å². The number of hydrogen-bond acceptors (Lipinski definition) is 35. The molecule has 12 aliphatic rings. The number of aromatic hydroxyl groups is 2. The third-order valence-electron chi connectivity index (χ3n) is 28.6. The first kappa shape index (κ1) is 109. The van der Waals surface area contributed by atoms with E-state index in [4.69, 9.17) is 63.6 Å². The number of amides is 5. The number of likely N-dealkylation sites (N-methyl/N-ethyl adjacent to an activating group) is 3. The molecule has 0 aromatic heterocycles. The number of nitriles is 3. The van der Waals surface area contributed by atoms with Crippen LogP contribution in [-0.2, 0) is 90.8 Å². The minimum Gasteiger partial charge on any atom is -0.504 e. The van der Waals surface area contributed by atoms with E-state index >= 15 is 0 Å². The van der Waals surface area contributed by atoms with Crippen molar-refractivity contribution in [3.05, 3.63) is 142 Å². The molecule has 5 amide bonds. The number of aryl methyl sites for hydroxylation is 3. The Bertz CT molecular complexity index is 6000. The number of carbonyl (C=O) groups excluding carboxylic acids is 11. The fourth-order valence-electron chi connectivity index (χ4n) is 22.8. The topological polar surface area (TPSA) is 542 Å². The van der Waals surface area contributed by atoms with Crippen LogP contribution < -0.4 is 51.3 Å². The number of carbonyl (C=O) groups is 11. The second-order valence-corrected chi connectivity index (χ2v) is 39.1. The Kier molecular flexibility index (Phi) is 33.6. The van der Waals surface area contributed by atoms with Crippen molar-refractivity contribution in [2.45, 2.75) is 262 Å². The zero-order valence-electron chi connectivity index (χ0n) is 85.4. The third kappa shape index (κ3) is 19.9. The fraction of sp³-hybridized carbons (Fsp3) is 0.549. The van der Waals surface area contributed by atoms with Crippen LogP contribution in [0, 0.1) is 60.2 Å². The standard InChI is InChI=1S/C36H47N5O9.C34H43N5O8.C29H35N5O6.C2H3N.CH4O/c1-17-11-20-12-22-24(14-37)41-23(28(40(22)7)26(20)33(31(17)47-9)49-16-46-8)13-21-27(30(43)32(48-10)18(2)29(21)42)25(41)15-38-34(44)19(3)39-35(45)50-36(4,5)6;1-15-10-18-11-20-22(13-35)39-21(26(38(20)7)24(18)28(41)30(15)45-8)12-19-25(29(42)31(46-9)16(2)27(19)40)23(39)14-36-32(43)17(3)37-33(44)47-34(4,5)6;1-12-7-15-8-17-19(10-30)34-18(23(33(17)4)21(15)25(36)27(12)39-5)9-16-22(20(34)11-32-29(38)14(3)31)26(37)28(40-6)13(2)24(16)35;1-2-3;1-2/h11,19,22-25,28H,12-13,15-16H2,1-10H3,(H,38,44)(H,39,45);10,17,20-23,26,41H,11-12,14H2,1-9H3,(H,36,43)(H,37,44);7,14,17-20,23,36H,8-9,11,31H2,1-6H3,(H,32,38);3H,1H2;2H,1H3/t19-,22+,23?,24+,25+,28+;17-,20+,21?,22+,23+,26+;14-,17-,18?,19-,20-,23-;;/m110../s1. The van der Waals surface area contributed by atoms with Crippen molar-refractivity contribution in [3.63, 3.8) is 0 Å². The highest BCUT2D eigenvalue weighted by Crippen LogP contribution is 2.59. The van der Waals surface area contributed by atoms with E-state index in [9.17, 15) is 78.7 Å². The molecule has 18 atom stereocenters. The molecule has 3 aromatic rings. The van der Waals surface area contributed by atoms with Crippen LogP contribution in [0.15, 0.2) is 92.2 Å². The van der Waals surface area contributed by atoms with Gasteiger partial charge in [-0.3, -0.25) is 78.0 Å². The predicted molar refractivity (Wildman–Crippen MR) is 515 cm³/mol. The van der Waals surface area contributed by atoms with Gasteiger partial charge in [-0.05, 0) is 209 Å². The minimum atomic E-state index is -0.990. The van der Waals surface area contributed by atoms with Crippen LogP contribution in [0.2, 0.25) is 0 Å². The van der Waals surface area contributed by atoms with Crippen molar-refractivity contribution in [1.29, 1.82) is 21.2 Å². The highest BCUT2D eigenvalue weighted by molar-refractivity contribution is 6.27. The molecule has 9 heterocycles. The maximum Gasteiger partial charge on any atom is 0.408 e. The molecule has 11 N–H and O–H groups in total. The van der Waals surface area contributed by atoms with Gasteiger partial charge in [-0.25, -0.2) is 9.59 Å². The Morgan fingerprint density at radius 2 is 0.739 bits per heavy atom. The molecule has 3 aliphatic carbocycles. The lowest BCUT2D eigenvalue weighted by Gasteiger charge is -2.60. The molecule has 0 spiro atoms. The lowest BCUT2D eigenvalue weighted by molar-refractivity contribution is -0.125. The lowest BCUT2D eigenvalue weighted by atomic mass is 9.69. The summed E-state index contributed by atoms with van der Waals surface area (Å²) in [5, 5.41) is 81.5. The van der Waals surface area contributed by atoms with Crippen molar-refractivity contribution in [1.82, 2.24) is 56.0 Å². The summed E-state index contributed by atoms with van der Waals surface area (Å²) in [6, 6.07) is 2.31. The summed E-state index contributed by atoms with van der Waals surface area (Å²) in [4.78, 5) is 160. The van der Waals surface area contributed by atoms with Gasteiger partial charge in [0.1, 0.15) is 41.4 Å². The van der Waals surface area contributed by atoms with Crippen molar-refractivity contribution in [3.8, 4) is 52.7 Å². The van der Waals surface area contributed by atoms with Crippen LogP contribution in [0.25, 0.3) is 0 Å². The van der Waals surface area contributed by atoms with Gasteiger partial charge in [0.25, 0.3) is 0 Å². The number of aliphatic hydroxyl groups is 1. The monoisotopic (exact) mass is 1960 g/mol. The molecule has 764 valence electrons. The van der Waals surface area contributed by atoms with Gasteiger partial charge >= 0.3 is 12.2 Å². The Balaban J connectivity index is 0.000000200. The summed E-state index contributed by atoms with van der Waals surface area (Å²) in [7, 11) is 16.9. The maximum absolute atomic E-state index is 14.1. The van der Waals surface area contributed by atoms with E-state index in [1.807, 2.05) is 68.7 Å². The quantitative estimate of drug-likeness (QED) is 0.0363. The Morgan fingerprint density at radius 1 is 0.458 bits per heavy atom. The number of piperazine rings is 3. The molecule has 3 aromatic carbocycles. The number of alkyl carbamates (subject to hydrolysis) is 2. The number of phenolic OH excluding ortho intramolecular Hbond substituents is 2. The second-order valence-electron chi connectivity index (χ2n) is 39.1. The summed E-state index contributed by atoms with van der Waals surface area (Å²) in [6.45, 7) is 27.8. The van der Waals surface area contributed by atoms with Crippen molar-refractivity contribution >= 4 is 70.5 Å². The number of nitrogens with one attached hydrogen (secondary N) is 6. The summed E-state index contributed by atoms with van der Waals surface area (Å²) in [5.74, 6) is -0.374. The van der Waals surface area contributed by atoms with Crippen LogP contribution in [0.5, 0.6) is 34.5 Å². The van der Waals surface area contributed by atoms with Gasteiger partial charge in [0.15, 0.2) is 75.9 Å². The number of rotatable bonds is 20. The van der Waals surface area contributed by atoms with Gasteiger partial charge in [-0.2, -0.15) is 15.8 Å². The van der Waals surface area contributed by atoms with Crippen molar-refractivity contribution in [2.75, 3.05) is 104 Å². The van der Waals surface area contributed by atoms with Gasteiger partial charge in [-0.15, -0.1) is 0 Å². The Morgan fingerprint density at radius 3 is 1.01 bits per heavy atom. The van der Waals surface area contributed by atoms with Crippen LogP contribution in [0.4, 0.5) is 9.59 Å². The average Bonchev–Trinajstić information content (AvgIpc) is 0.706. The highest BCUT2D eigenvalue weighted by atomic mass is 16.7. The molecule has 40 heteroatoms. The molecule has 0 saturated carbocycles. The number of ether oxygens (including phenoxy) is 10. The molecule has 142 heavy (non-hydrogen) atoms. The minimum absolute atomic E-state index is 0.00335. The van der Waals surface area contributed by atoms with Crippen molar-refractivity contribution in [2.24, 2.45) is 5.73 Å². The zero-order chi connectivity index (χ0) is 105. The van der Waals surface area contributed by atoms with E-state index in [1.54, 1.807) is 82.2 Å². The first-order valence-electron chi connectivity index (χ1n) is 46.8. The van der Waals surface area contributed by atoms with Gasteiger partial charge in [0.2, 0.25) is 35.1 Å². The van der Waals surface area contributed by atoms with E-state index in [-0.39, 0.29) is 143 Å². The van der Waals surface area contributed by atoms with E-state index in [2.05, 4.69) is 72.1 Å². The maximum atomic E-state index is 14.1. The van der Waals surface area contributed by atoms with E-state index in [1.165, 1.54) is 56.5 Å².